The molecule has 1 aliphatic rings. The van der Waals surface area contributed by atoms with Gasteiger partial charge in [-0.15, -0.1) is 11.3 Å². The summed E-state index contributed by atoms with van der Waals surface area (Å²) in [6.07, 6.45) is 1.63. The van der Waals surface area contributed by atoms with Crippen LogP contribution in [0.3, 0.4) is 0 Å². The highest BCUT2D eigenvalue weighted by molar-refractivity contribution is 7.12. The monoisotopic (exact) mass is 499 g/mol. The summed E-state index contributed by atoms with van der Waals surface area (Å²) >= 11 is 1.33. The number of aromatic nitrogens is 4. The Balaban J connectivity index is 1.20. The fourth-order valence-electron chi connectivity index (χ4n) is 4.00. The number of carbonyl (C=O) groups excluding carboxylic acids is 1. The number of nitrogen functional groups attached to an aromatic ring is 1. The topological polar surface area (TPSA) is 117 Å². The van der Waals surface area contributed by atoms with Gasteiger partial charge in [0.15, 0.2) is 11.5 Å². The van der Waals surface area contributed by atoms with E-state index in [0.29, 0.717) is 53.6 Å². The zero-order chi connectivity index (χ0) is 24.4. The van der Waals surface area contributed by atoms with Crippen LogP contribution in [0, 0.1) is 11.6 Å². The molecule has 0 saturated carbocycles. The number of nitrogens with one attached hydrogen (secondary N) is 2. The molecule has 3 aromatic heterocycles. The van der Waals surface area contributed by atoms with Gasteiger partial charge < -0.3 is 10.6 Å². The van der Waals surface area contributed by atoms with Crippen molar-refractivity contribution in [3.8, 4) is 0 Å². The number of halogens is 2. The molecule has 4 N–H and O–H groups in total. The van der Waals surface area contributed by atoms with Crippen molar-refractivity contribution in [2.75, 3.05) is 48.8 Å². The summed E-state index contributed by atoms with van der Waals surface area (Å²) in [5.41, 5.74) is 12.3. The van der Waals surface area contributed by atoms with Crippen molar-refractivity contribution in [2.45, 2.75) is 6.54 Å². The molecular formula is C22H23F2N9OS. The van der Waals surface area contributed by atoms with E-state index < -0.39 is 11.6 Å². The molecule has 0 aliphatic carbocycles. The van der Waals surface area contributed by atoms with Gasteiger partial charge in [-0.1, -0.05) is 6.07 Å². The Labute approximate surface area is 203 Å². The molecule has 0 atom stereocenters. The standard InChI is InChI=1S/C22H23F2N9OS/c23-14-3-4-17(16(24)12-14)32-8-5-31(6-9-32)7-10-33-20-15(13-26-33)19(27-22(25)28-20)29-30-21(34)18-2-1-11-35-18/h1-4,11-13H,5-10H2,(H,30,34)(H3,25,27,28,29). The number of hydrogen-bond donors (Lipinski definition) is 3. The van der Waals surface area contributed by atoms with Gasteiger partial charge in [0.05, 0.1) is 28.7 Å². The minimum absolute atomic E-state index is 0.0575. The van der Waals surface area contributed by atoms with Crippen molar-refractivity contribution >= 4 is 45.7 Å². The summed E-state index contributed by atoms with van der Waals surface area (Å²) in [5.74, 6) is -0.989. The number of hydrazine groups is 1. The van der Waals surface area contributed by atoms with Gasteiger partial charge in [0, 0.05) is 38.8 Å². The van der Waals surface area contributed by atoms with Crippen molar-refractivity contribution in [1.29, 1.82) is 0 Å². The number of carbonyl (C=O) groups is 1. The first-order valence-corrected chi connectivity index (χ1v) is 11.9. The zero-order valence-corrected chi connectivity index (χ0v) is 19.4. The molecule has 1 amide bonds. The maximum atomic E-state index is 14.1. The van der Waals surface area contributed by atoms with Crippen LogP contribution in [0.25, 0.3) is 11.0 Å². The number of amides is 1. The largest absolute Gasteiger partial charge is 0.368 e. The Kier molecular flexibility index (Phi) is 6.42. The fourth-order valence-corrected chi connectivity index (χ4v) is 4.62. The molecule has 10 nitrogen and oxygen atoms in total. The van der Waals surface area contributed by atoms with E-state index in [1.165, 1.54) is 23.5 Å². The average molecular weight is 500 g/mol. The van der Waals surface area contributed by atoms with Gasteiger partial charge in [-0.3, -0.25) is 20.5 Å². The Morgan fingerprint density at radius 1 is 1.11 bits per heavy atom. The second kappa shape index (κ2) is 9.80. The van der Waals surface area contributed by atoms with Crippen LogP contribution in [0.2, 0.25) is 0 Å². The number of nitrogens with zero attached hydrogens (tertiary/aromatic N) is 6. The van der Waals surface area contributed by atoms with E-state index in [0.717, 1.165) is 19.2 Å². The molecule has 1 fully saturated rings. The summed E-state index contributed by atoms with van der Waals surface area (Å²) in [6, 6.07) is 7.19. The van der Waals surface area contributed by atoms with Gasteiger partial charge in [-0.2, -0.15) is 15.1 Å². The van der Waals surface area contributed by atoms with Crippen LogP contribution >= 0.6 is 11.3 Å². The molecule has 0 spiro atoms. The van der Waals surface area contributed by atoms with Crippen molar-refractivity contribution in [3.05, 3.63) is 58.4 Å². The fraction of sp³-hybridized carbons (Fsp3) is 0.273. The highest BCUT2D eigenvalue weighted by Gasteiger charge is 2.20. The molecule has 182 valence electrons. The molecule has 13 heteroatoms. The first kappa shape index (κ1) is 22.9. The van der Waals surface area contributed by atoms with Crippen molar-refractivity contribution in [3.63, 3.8) is 0 Å². The van der Waals surface area contributed by atoms with E-state index in [2.05, 4.69) is 30.8 Å². The molecule has 4 heterocycles. The molecule has 4 aromatic rings. The first-order chi connectivity index (χ1) is 17.0. The van der Waals surface area contributed by atoms with E-state index in [9.17, 15) is 13.6 Å². The summed E-state index contributed by atoms with van der Waals surface area (Å²) in [4.78, 5) is 25.5. The van der Waals surface area contributed by atoms with Crippen molar-refractivity contribution in [1.82, 2.24) is 30.1 Å². The van der Waals surface area contributed by atoms with E-state index >= 15 is 0 Å². The number of piperazine rings is 1. The molecule has 1 aromatic carbocycles. The summed E-state index contributed by atoms with van der Waals surface area (Å²) in [5, 5.41) is 6.87. The van der Waals surface area contributed by atoms with Gasteiger partial charge in [0.25, 0.3) is 5.91 Å². The Morgan fingerprint density at radius 2 is 1.94 bits per heavy atom. The quantitative estimate of drug-likeness (QED) is 0.332. The summed E-state index contributed by atoms with van der Waals surface area (Å²) in [7, 11) is 0. The van der Waals surface area contributed by atoms with E-state index in [4.69, 9.17) is 5.73 Å². The molecule has 0 bridgehead atoms. The number of rotatable bonds is 7. The Morgan fingerprint density at radius 3 is 2.69 bits per heavy atom. The van der Waals surface area contributed by atoms with Crippen LogP contribution in [-0.2, 0) is 6.54 Å². The SMILES string of the molecule is Nc1nc(NNC(=O)c2cccs2)c2cnn(CCN3CCN(c4ccc(F)cc4F)CC3)c2n1. The van der Waals surface area contributed by atoms with Crippen molar-refractivity contribution in [2.24, 2.45) is 0 Å². The number of nitrogens with two attached hydrogens (primary N) is 1. The molecule has 0 radical (unpaired) electrons. The highest BCUT2D eigenvalue weighted by Crippen LogP contribution is 2.23. The van der Waals surface area contributed by atoms with Gasteiger partial charge in [-0.25, -0.2) is 13.5 Å². The lowest BCUT2D eigenvalue weighted by Crippen LogP contribution is -2.47. The van der Waals surface area contributed by atoms with E-state index in [1.807, 2.05) is 10.3 Å². The van der Waals surface area contributed by atoms with Gasteiger partial charge in [0.1, 0.15) is 11.6 Å². The number of hydrogen-bond acceptors (Lipinski definition) is 9. The van der Waals surface area contributed by atoms with Crippen LogP contribution in [0.4, 0.5) is 26.2 Å². The van der Waals surface area contributed by atoms with Crippen LogP contribution in [0.5, 0.6) is 0 Å². The lowest BCUT2D eigenvalue weighted by atomic mass is 10.2. The van der Waals surface area contributed by atoms with Crippen molar-refractivity contribution < 1.29 is 13.6 Å². The minimum atomic E-state index is -0.580. The third-order valence-electron chi connectivity index (χ3n) is 5.80. The number of anilines is 3. The number of benzene rings is 1. The van der Waals surface area contributed by atoms with Gasteiger partial charge in [0.2, 0.25) is 5.95 Å². The minimum Gasteiger partial charge on any atom is -0.368 e. The van der Waals surface area contributed by atoms with Gasteiger partial charge in [-0.05, 0) is 23.6 Å². The molecule has 1 aliphatic heterocycles. The Hall–Kier alpha value is -3.84. The lowest BCUT2D eigenvalue weighted by molar-refractivity contribution is 0.0966. The first-order valence-electron chi connectivity index (χ1n) is 11.0. The van der Waals surface area contributed by atoms with Crippen LogP contribution in [0.15, 0.2) is 41.9 Å². The molecule has 1 saturated heterocycles. The molecule has 35 heavy (non-hydrogen) atoms. The predicted molar refractivity (Wildman–Crippen MR) is 130 cm³/mol. The van der Waals surface area contributed by atoms with E-state index in [-0.39, 0.29) is 11.9 Å². The smallest absolute Gasteiger partial charge is 0.279 e. The third-order valence-corrected chi connectivity index (χ3v) is 6.67. The normalized spacial score (nSPS) is 14.4. The maximum absolute atomic E-state index is 14.1. The molecule has 0 unspecified atom stereocenters. The van der Waals surface area contributed by atoms with Gasteiger partial charge >= 0.3 is 0 Å². The van der Waals surface area contributed by atoms with E-state index in [1.54, 1.807) is 23.0 Å². The Bertz CT molecular complexity index is 1340. The summed E-state index contributed by atoms with van der Waals surface area (Å²) < 4.78 is 29.0. The lowest BCUT2D eigenvalue weighted by Gasteiger charge is -2.36. The zero-order valence-electron chi connectivity index (χ0n) is 18.6. The predicted octanol–water partition coefficient (Wildman–Crippen LogP) is 2.33. The maximum Gasteiger partial charge on any atom is 0.279 e. The van der Waals surface area contributed by atoms with Crippen LogP contribution in [0.1, 0.15) is 9.67 Å². The second-order valence-electron chi connectivity index (χ2n) is 8.02. The average Bonchev–Trinajstić information content (AvgIpc) is 3.52. The van der Waals surface area contributed by atoms with Crippen LogP contribution < -0.4 is 21.5 Å². The summed E-state index contributed by atoms with van der Waals surface area (Å²) in [6.45, 7) is 4.00. The molecule has 5 rings (SSSR count). The van der Waals surface area contributed by atoms with Crippen LogP contribution in [-0.4, -0.2) is 63.3 Å². The third kappa shape index (κ3) is 5.00. The number of fused-ring (bicyclic) bond motifs is 1. The second-order valence-corrected chi connectivity index (χ2v) is 8.96. The number of thiophene rings is 1. The highest BCUT2D eigenvalue weighted by atomic mass is 32.1. The molecular weight excluding hydrogens is 476 g/mol.